The van der Waals surface area contributed by atoms with Crippen molar-refractivity contribution < 1.29 is 0 Å². The van der Waals surface area contributed by atoms with Crippen molar-refractivity contribution in [2.75, 3.05) is 5.32 Å². The van der Waals surface area contributed by atoms with Crippen LogP contribution in [0.25, 0.3) is 0 Å². The molecule has 94 valence electrons. The maximum Gasteiger partial charge on any atom is 0.285 e. The first-order chi connectivity index (χ1) is 8.18. The minimum absolute atomic E-state index is 0.104. The average Bonchev–Trinajstić information content (AvgIpc) is 2.51. The summed E-state index contributed by atoms with van der Waals surface area (Å²) in [4.78, 5) is 11.3. The van der Waals surface area contributed by atoms with E-state index in [1.54, 1.807) is 0 Å². The Labute approximate surface area is 105 Å². The van der Waals surface area contributed by atoms with E-state index in [0.717, 1.165) is 19.3 Å². The summed E-state index contributed by atoms with van der Waals surface area (Å²) in [6.45, 7) is 0. The third-order valence-electron chi connectivity index (χ3n) is 3.21. The Hall–Kier alpha value is -1.07. The van der Waals surface area contributed by atoms with Gasteiger partial charge in [-0.05, 0) is 12.8 Å². The van der Waals surface area contributed by atoms with Crippen LogP contribution in [0.3, 0.4) is 0 Å². The lowest BCUT2D eigenvalue weighted by Crippen LogP contribution is -2.39. The zero-order valence-corrected chi connectivity index (χ0v) is 10.3. The number of nitrogens with one attached hydrogen (secondary N) is 2. The van der Waals surface area contributed by atoms with Crippen molar-refractivity contribution in [2.24, 2.45) is 5.73 Å². The smallest absolute Gasteiger partial charge is 0.285 e. The van der Waals surface area contributed by atoms with Gasteiger partial charge >= 0.3 is 0 Å². The molecule has 6 heteroatoms. The van der Waals surface area contributed by atoms with Crippen molar-refractivity contribution in [3.63, 3.8) is 0 Å². The first-order valence-electron chi connectivity index (χ1n) is 5.94. The zero-order chi connectivity index (χ0) is 12.3. The summed E-state index contributed by atoms with van der Waals surface area (Å²) >= 11 is 5.91. The fourth-order valence-corrected chi connectivity index (χ4v) is 2.35. The van der Waals surface area contributed by atoms with Gasteiger partial charge in [-0.2, -0.15) is 5.10 Å². The molecule has 5 nitrogen and oxygen atoms in total. The topological polar surface area (TPSA) is 83.8 Å². The largest absolute Gasteiger partial charge is 0.378 e. The Kier molecular flexibility index (Phi) is 4.02. The normalized spacial score (nSPS) is 25.3. The number of hydrogen-bond donors (Lipinski definition) is 3. The third-order valence-corrected chi connectivity index (χ3v) is 3.58. The fraction of sp³-hybridized carbons (Fsp3) is 0.636. The maximum atomic E-state index is 11.3. The molecular formula is C11H17ClN4O. The number of rotatable bonds is 2. The van der Waals surface area contributed by atoms with E-state index in [1.165, 1.54) is 19.0 Å². The number of hydrogen-bond acceptors (Lipinski definition) is 4. The van der Waals surface area contributed by atoms with Gasteiger partial charge in [0.2, 0.25) is 0 Å². The Bertz CT molecular complexity index is 434. The van der Waals surface area contributed by atoms with E-state index in [0.29, 0.717) is 5.69 Å². The second-order valence-electron chi connectivity index (χ2n) is 4.48. The van der Waals surface area contributed by atoms with Crippen LogP contribution in [0, 0.1) is 0 Å². The van der Waals surface area contributed by atoms with E-state index in [-0.39, 0.29) is 22.7 Å². The predicted molar refractivity (Wildman–Crippen MR) is 68.3 cm³/mol. The van der Waals surface area contributed by atoms with Crippen molar-refractivity contribution in [1.82, 2.24) is 10.2 Å². The third kappa shape index (κ3) is 2.98. The highest BCUT2D eigenvalue weighted by Crippen LogP contribution is 2.22. The molecule has 4 N–H and O–H groups in total. The van der Waals surface area contributed by atoms with Crippen LogP contribution in [-0.2, 0) is 0 Å². The molecule has 1 aliphatic rings. The molecule has 0 spiro atoms. The highest BCUT2D eigenvalue weighted by Gasteiger charge is 2.21. The summed E-state index contributed by atoms with van der Waals surface area (Å²) in [6, 6.07) is 0.270. The van der Waals surface area contributed by atoms with Gasteiger partial charge in [0.25, 0.3) is 5.56 Å². The van der Waals surface area contributed by atoms with E-state index in [1.807, 2.05) is 0 Å². The number of anilines is 1. The van der Waals surface area contributed by atoms with Crippen molar-refractivity contribution in [1.29, 1.82) is 0 Å². The SMILES string of the molecule is NC1CCCCCC1Nc1cn[nH]c(=O)c1Cl. The van der Waals surface area contributed by atoms with Gasteiger partial charge in [-0.3, -0.25) is 4.79 Å². The van der Waals surface area contributed by atoms with Crippen LogP contribution < -0.4 is 16.6 Å². The Morgan fingerprint density at radius 1 is 1.41 bits per heavy atom. The van der Waals surface area contributed by atoms with Gasteiger partial charge in [0, 0.05) is 12.1 Å². The summed E-state index contributed by atoms with van der Waals surface area (Å²) < 4.78 is 0. The monoisotopic (exact) mass is 256 g/mol. The second kappa shape index (κ2) is 5.51. The van der Waals surface area contributed by atoms with Gasteiger partial charge in [-0.25, -0.2) is 5.10 Å². The Morgan fingerprint density at radius 3 is 3.00 bits per heavy atom. The molecule has 1 aromatic rings. The predicted octanol–water partition coefficient (Wildman–Crippen LogP) is 1.50. The highest BCUT2D eigenvalue weighted by atomic mass is 35.5. The lowest BCUT2D eigenvalue weighted by molar-refractivity contribution is 0.528. The van der Waals surface area contributed by atoms with Gasteiger partial charge in [0.1, 0.15) is 5.02 Å². The van der Waals surface area contributed by atoms with Crippen LogP contribution in [0.2, 0.25) is 5.02 Å². The number of nitrogens with zero attached hydrogens (tertiary/aromatic N) is 1. The Balaban J connectivity index is 2.13. The molecule has 17 heavy (non-hydrogen) atoms. The van der Waals surface area contributed by atoms with Crippen molar-refractivity contribution in [3.8, 4) is 0 Å². The number of nitrogens with two attached hydrogens (primary N) is 1. The van der Waals surface area contributed by atoms with Crippen molar-refractivity contribution in [3.05, 3.63) is 21.6 Å². The molecule has 2 rings (SSSR count). The molecule has 1 aromatic heterocycles. The molecule has 2 atom stereocenters. The van der Waals surface area contributed by atoms with E-state index < -0.39 is 0 Å². The summed E-state index contributed by atoms with van der Waals surface area (Å²) in [5.74, 6) is 0. The van der Waals surface area contributed by atoms with Gasteiger partial charge in [-0.15, -0.1) is 0 Å². The molecule has 0 radical (unpaired) electrons. The van der Waals surface area contributed by atoms with Crippen LogP contribution >= 0.6 is 11.6 Å². The maximum absolute atomic E-state index is 11.3. The minimum atomic E-state index is -0.376. The molecule has 0 aromatic carbocycles. The quantitative estimate of drug-likeness (QED) is 0.700. The molecular weight excluding hydrogens is 240 g/mol. The number of aromatic amines is 1. The molecule has 1 aliphatic carbocycles. The molecule has 2 unspecified atom stereocenters. The van der Waals surface area contributed by atoms with Crippen molar-refractivity contribution in [2.45, 2.75) is 44.2 Å². The fourth-order valence-electron chi connectivity index (χ4n) is 2.20. The summed E-state index contributed by atoms with van der Waals surface area (Å²) in [5.41, 5.74) is 6.29. The van der Waals surface area contributed by atoms with Crippen LogP contribution in [-0.4, -0.2) is 22.3 Å². The lowest BCUT2D eigenvalue weighted by Gasteiger charge is -2.23. The number of H-pyrrole nitrogens is 1. The van der Waals surface area contributed by atoms with Gasteiger partial charge in [-0.1, -0.05) is 30.9 Å². The molecule has 0 aliphatic heterocycles. The highest BCUT2D eigenvalue weighted by molar-refractivity contribution is 6.32. The van der Waals surface area contributed by atoms with E-state index in [2.05, 4.69) is 15.5 Å². The van der Waals surface area contributed by atoms with Gasteiger partial charge in [0.15, 0.2) is 0 Å². The number of halogens is 1. The van der Waals surface area contributed by atoms with Gasteiger partial charge in [0.05, 0.1) is 11.9 Å². The summed E-state index contributed by atoms with van der Waals surface area (Å²) in [7, 11) is 0. The van der Waals surface area contributed by atoms with Crippen LogP contribution in [0.5, 0.6) is 0 Å². The second-order valence-corrected chi connectivity index (χ2v) is 4.86. The summed E-state index contributed by atoms with van der Waals surface area (Å²) in [6.07, 6.45) is 7.07. The minimum Gasteiger partial charge on any atom is -0.378 e. The molecule has 0 saturated heterocycles. The first-order valence-corrected chi connectivity index (χ1v) is 6.31. The zero-order valence-electron chi connectivity index (χ0n) is 9.58. The number of aromatic nitrogens is 2. The Morgan fingerprint density at radius 2 is 2.18 bits per heavy atom. The van der Waals surface area contributed by atoms with Crippen molar-refractivity contribution >= 4 is 17.3 Å². The van der Waals surface area contributed by atoms with E-state index >= 15 is 0 Å². The van der Waals surface area contributed by atoms with E-state index in [9.17, 15) is 4.79 Å². The molecule has 1 heterocycles. The van der Waals surface area contributed by atoms with E-state index in [4.69, 9.17) is 17.3 Å². The standard InChI is InChI=1S/C11H17ClN4O/c12-10-9(6-14-16-11(10)17)15-8-5-3-1-2-4-7(8)13/h6-8H,1-5,13H2,(H2,15,16,17). The summed E-state index contributed by atoms with van der Waals surface area (Å²) in [5, 5.41) is 9.42. The molecule has 1 saturated carbocycles. The van der Waals surface area contributed by atoms with Crippen LogP contribution in [0.4, 0.5) is 5.69 Å². The average molecular weight is 257 g/mol. The molecule has 1 fully saturated rings. The lowest BCUT2D eigenvalue weighted by atomic mass is 10.0. The van der Waals surface area contributed by atoms with Gasteiger partial charge < -0.3 is 11.1 Å². The first kappa shape index (κ1) is 12.4. The van der Waals surface area contributed by atoms with Crippen LogP contribution in [0.15, 0.2) is 11.0 Å². The molecule has 0 bridgehead atoms. The molecule has 0 amide bonds. The van der Waals surface area contributed by atoms with Crippen LogP contribution in [0.1, 0.15) is 32.1 Å².